The zero-order chi connectivity index (χ0) is 17.0. The van der Waals surface area contributed by atoms with Gasteiger partial charge in [0.1, 0.15) is 5.75 Å². The van der Waals surface area contributed by atoms with E-state index in [0.29, 0.717) is 5.69 Å². The zero-order valence-electron chi connectivity index (χ0n) is 12.3. The molecule has 1 aromatic carbocycles. The molecule has 8 nitrogen and oxygen atoms in total. The van der Waals surface area contributed by atoms with Crippen molar-refractivity contribution in [3.05, 3.63) is 24.3 Å². The summed E-state index contributed by atoms with van der Waals surface area (Å²) in [7, 11) is 1.43. The Morgan fingerprint density at radius 1 is 1.30 bits per heavy atom. The molecule has 9 heteroatoms. The van der Waals surface area contributed by atoms with Gasteiger partial charge in [-0.1, -0.05) is 11.8 Å². The molecule has 1 fully saturated rings. The second kappa shape index (κ2) is 7.14. The van der Waals surface area contributed by atoms with Crippen LogP contribution in [-0.4, -0.2) is 58.9 Å². The third-order valence-corrected chi connectivity index (χ3v) is 4.06. The van der Waals surface area contributed by atoms with E-state index in [-0.39, 0.29) is 35.7 Å². The maximum absolute atomic E-state index is 12.0. The number of hydrogen-bond acceptors (Lipinski definition) is 6. The number of likely N-dealkylation sites (N-methyl/N-ethyl adjacent to an activating group) is 1. The van der Waals surface area contributed by atoms with Crippen LogP contribution >= 0.6 is 11.8 Å². The number of benzene rings is 1. The molecule has 0 unspecified atom stereocenters. The van der Waals surface area contributed by atoms with E-state index in [1.165, 1.54) is 31.3 Å². The summed E-state index contributed by atoms with van der Waals surface area (Å²) >= 11 is 0.911. The minimum atomic E-state index is -0.840. The van der Waals surface area contributed by atoms with Crippen LogP contribution in [0.2, 0.25) is 0 Å². The molecule has 1 heterocycles. The number of hydrogen-bond donors (Lipinski definition) is 2. The predicted molar refractivity (Wildman–Crippen MR) is 84.1 cm³/mol. The molecular weight excluding hydrogens is 322 g/mol. The number of nitrogens with one attached hydrogen (secondary N) is 1. The van der Waals surface area contributed by atoms with E-state index in [1.54, 1.807) is 0 Å². The lowest BCUT2D eigenvalue weighted by atomic mass is 10.3. The summed E-state index contributed by atoms with van der Waals surface area (Å²) in [4.78, 5) is 48.7. The molecular formula is C14H15N3O5S. The molecule has 0 bridgehead atoms. The summed E-state index contributed by atoms with van der Waals surface area (Å²) in [5, 5.41) is 11.2. The van der Waals surface area contributed by atoms with Crippen molar-refractivity contribution in [2.75, 3.05) is 30.8 Å². The number of rotatable bonds is 4. The van der Waals surface area contributed by atoms with Crippen molar-refractivity contribution in [2.45, 2.75) is 0 Å². The van der Waals surface area contributed by atoms with Gasteiger partial charge in [-0.25, -0.2) is 0 Å². The number of amides is 4. The van der Waals surface area contributed by atoms with E-state index in [0.717, 1.165) is 21.6 Å². The molecule has 122 valence electrons. The molecule has 0 aliphatic carbocycles. The second-order valence-corrected chi connectivity index (χ2v) is 5.66. The second-order valence-electron chi connectivity index (χ2n) is 4.74. The molecule has 0 saturated carbocycles. The minimum absolute atomic E-state index is 0.00598. The predicted octanol–water partition coefficient (Wildman–Crippen LogP) is 0.167. The van der Waals surface area contributed by atoms with Gasteiger partial charge in [0.05, 0.1) is 5.75 Å². The molecule has 0 aromatic heterocycles. The highest BCUT2D eigenvalue weighted by atomic mass is 32.2. The van der Waals surface area contributed by atoms with E-state index in [2.05, 4.69) is 5.32 Å². The van der Waals surface area contributed by atoms with Crippen LogP contribution in [0.25, 0.3) is 0 Å². The number of nitrogens with zero attached hydrogens (tertiary/aromatic N) is 2. The van der Waals surface area contributed by atoms with E-state index in [1.807, 2.05) is 0 Å². The number of imide groups is 1. The fraction of sp³-hybridized carbons (Fsp3) is 0.286. The van der Waals surface area contributed by atoms with E-state index in [4.69, 9.17) is 0 Å². The number of carbonyl (C=O) groups is 4. The van der Waals surface area contributed by atoms with Crippen molar-refractivity contribution in [3.63, 3.8) is 0 Å². The van der Waals surface area contributed by atoms with Crippen LogP contribution in [0.5, 0.6) is 5.75 Å². The quantitative estimate of drug-likeness (QED) is 0.758. The first-order chi connectivity index (χ1) is 10.9. The number of phenolic OH excluding ortho intramolecular Hbond substituents is 1. The Balaban J connectivity index is 1.85. The Bertz CT molecular complexity index is 630. The SMILES string of the molecule is CN(C(=O)C(=O)NCCN1C(=O)CSC1=O)c1ccc(O)cc1. The van der Waals surface area contributed by atoms with Gasteiger partial charge in [0.15, 0.2) is 0 Å². The minimum Gasteiger partial charge on any atom is -0.508 e. The Hall–Kier alpha value is -2.55. The van der Waals surface area contributed by atoms with Crippen LogP contribution in [0.3, 0.4) is 0 Å². The summed E-state index contributed by atoms with van der Waals surface area (Å²) < 4.78 is 0. The van der Waals surface area contributed by atoms with Gasteiger partial charge in [-0.05, 0) is 24.3 Å². The van der Waals surface area contributed by atoms with Gasteiger partial charge in [-0.2, -0.15) is 0 Å². The third-order valence-electron chi connectivity index (χ3n) is 3.20. The average molecular weight is 337 g/mol. The Kier molecular flexibility index (Phi) is 5.22. The van der Waals surface area contributed by atoms with Gasteiger partial charge in [0, 0.05) is 25.8 Å². The van der Waals surface area contributed by atoms with Gasteiger partial charge in [-0.15, -0.1) is 0 Å². The molecule has 1 aromatic rings. The Morgan fingerprint density at radius 3 is 2.52 bits per heavy atom. The van der Waals surface area contributed by atoms with Crippen LogP contribution < -0.4 is 10.2 Å². The summed E-state index contributed by atoms with van der Waals surface area (Å²) in [6, 6.07) is 5.80. The highest BCUT2D eigenvalue weighted by Crippen LogP contribution is 2.18. The molecule has 2 rings (SSSR count). The first-order valence-electron chi connectivity index (χ1n) is 6.72. The van der Waals surface area contributed by atoms with Crippen molar-refractivity contribution in [1.82, 2.24) is 10.2 Å². The lowest BCUT2D eigenvalue weighted by Crippen LogP contribution is -2.44. The van der Waals surface area contributed by atoms with Crippen molar-refractivity contribution in [3.8, 4) is 5.75 Å². The van der Waals surface area contributed by atoms with E-state index < -0.39 is 11.8 Å². The highest BCUT2D eigenvalue weighted by molar-refractivity contribution is 8.14. The molecule has 1 aliphatic rings. The molecule has 2 N–H and O–H groups in total. The average Bonchev–Trinajstić information content (AvgIpc) is 2.86. The molecule has 0 spiro atoms. The van der Waals surface area contributed by atoms with Crippen molar-refractivity contribution < 1.29 is 24.3 Å². The van der Waals surface area contributed by atoms with Crippen molar-refractivity contribution in [1.29, 1.82) is 0 Å². The molecule has 0 radical (unpaired) electrons. The van der Waals surface area contributed by atoms with Crippen molar-refractivity contribution in [2.24, 2.45) is 0 Å². The van der Waals surface area contributed by atoms with E-state index >= 15 is 0 Å². The number of carbonyl (C=O) groups excluding carboxylic acids is 4. The first kappa shape index (κ1) is 16.8. The number of anilines is 1. The zero-order valence-corrected chi connectivity index (χ0v) is 13.1. The monoisotopic (exact) mass is 337 g/mol. The number of thioether (sulfide) groups is 1. The molecule has 0 atom stereocenters. The highest BCUT2D eigenvalue weighted by Gasteiger charge is 2.29. The fourth-order valence-corrected chi connectivity index (χ4v) is 2.65. The van der Waals surface area contributed by atoms with Gasteiger partial charge in [0.2, 0.25) is 5.91 Å². The normalized spacial score (nSPS) is 14.0. The van der Waals surface area contributed by atoms with Crippen LogP contribution in [0.15, 0.2) is 24.3 Å². The first-order valence-corrected chi connectivity index (χ1v) is 7.70. The van der Waals surface area contributed by atoms with Gasteiger partial charge in [-0.3, -0.25) is 24.1 Å². The molecule has 1 aliphatic heterocycles. The van der Waals surface area contributed by atoms with Gasteiger partial charge >= 0.3 is 11.8 Å². The maximum Gasteiger partial charge on any atom is 0.316 e. The molecule has 23 heavy (non-hydrogen) atoms. The van der Waals surface area contributed by atoms with Gasteiger partial charge in [0.25, 0.3) is 5.24 Å². The Morgan fingerprint density at radius 2 is 1.96 bits per heavy atom. The summed E-state index contributed by atoms with van der Waals surface area (Å²) in [5.74, 6) is -1.77. The summed E-state index contributed by atoms with van der Waals surface area (Å²) in [6.45, 7) is 0.0403. The molecule has 4 amide bonds. The maximum atomic E-state index is 12.0. The molecule has 1 saturated heterocycles. The van der Waals surface area contributed by atoms with Crippen LogP contribution in [0.1, 0.15) is 0 Å². The fourth-order valence-electron chi connectivity index (χ4n) is 1.90. The topological polar surface area (TPSA) is 107 Å². The Labute approximate surface area is 136 Å². The summed E-state index contributed by atoms with van der Waals surface area (Å²) in [5.41, 5.74) is 0.448. The largest absolute Gasteiger partial charge is 0.508 e. The van der Waals surface area contributed by atoms with Crippen molar-refractivity contribution >= 4 is 40.4 Å². The smallest absolute Gasteiger partial charge is 0.316 e. The lowest BCUT2D eigenvalue weighted by molar-refractivity contribution is -0.137. The third kappa shape index (κ3) is 4.01. The number of aromatic hydroxyl groups is 1. The lowest BCUT2D eigenvalue weighted by Gasteiger charge is -2.17. The van der Waals surface area contributed by atoms with Crippen LogP contribution in [-0.2, 0) is 14.4 Å². The standard InChI is InChI=1S/C14H15N3O5S/c1-16(9-2-4-10(18)5-3-9)13(21)12(20)15-6-7-17-11(19)8-23-14(17)22/h2-5,18H,6-8H2,1H3,(H,15,20). The van der Waals surface area contributed by atoms with Gasteiger partial charge < -0.3 is 15.3 Å². The van der Waals surface area contributed by atoms with Crippen LogP contribution in [0.4, 0.5) is 10.5 Å². The van der Waals surface area contributed by atoms with Crippen LogP contribution in [0, 0.1) is 0 Å². The number of phenols is 1. The van der Waals surface area contributed by atoms with E-state index in [9.17, 15) is 24.3 Å². The summed E-state index contributed by atoms with van der Waals surface area (Å²) in [6.07, 6.45) is 0.